The largest absolute Gasteiger partial charge is 0.491 e. The molecule has 5 nitrogen and oxygen atoms in total. The summed E-state index contributed by atoms with van der Waals surface area (Å²) in [7, 11) is 0. The van der Waals surface area contributed by atoms with E-state index >= 15 is 0 Å². The highest BCUT2D eigenvalue weighted by molar-refractivity contribution is 7.10. The van der Waals surface area contributed by atoms with Gasteiger partial charge in [-0.1, -0.05) is 6.07 Å². The van der Waals surface area contributed by atoms with Crippen molar-refractivity contribution in [3.63, 3.8) is 0 Å². The maximum atomic E-state index is 12.3. The van der Waals surface area contributed by atoms with Gasteiger partial charge >= 0.3 is 0 Å². The number of carbonyl (C=O) groups excluding carboxylic acids is 1. The van der Waals surface area contributed by atoms with Crippen LogP contribution in [0.25, 0.3) is 0 Å². The Labute approximate surface area is 146 Å². The number of amides is 1. The van der Waals surface area contributed by atoms with Crippen molar-refractivity contribution >= 4 is 17.2 Å². The number of hydrogen-bond donors (Lipinski definition) is 2. The Bertz CT molecular complexity index is 610. The first-order chi connectivity index (χ1) is 11.6. The summed E-state index contributed by atoms with van der Waals surface area (Å²) >= 11 is 1.56. The number of rotatable bonds is 9. The predicted molar refractivity (Wildman–Crippen MR) is 94.6 cm³/mol. The smallest absolute Gasteiger partial charge is 0.251 e. The number of hydrogen-bond acceptors (Lipinski definition) is 5. The van der Waals surface area contributed by atoms with Crippen LogP contribution in [0.1, 0.15) is 35.2 Å². The quantitative estimate of drug-likeness (QED) is 0.730. The summed E-state index contributed by atoms with van der Waals surface area (Å²) in [4.78, 5) is 13.3. The zero-order valence-corrected chi connectivity index (χ0v) is 14.7. The minimum Gasteiger partial charge on any atom is -0.491 e. The number of carbonyl (C=O) groups is 1. The van der Waals surface area contributed by atoms with Crippen molar-refractivity contribution in [1.29, 1.82) is 0 Å². The fraction of sp³-hybridized carbons (Fsp3) is 0.389. The Balaban J connectivity index is 1.92. The van der Waals surface area contributed by atoms with Gasteiger partial charge in [-0.15, -0.1) is 11.3 Å². The zero-order chi connectivity index (χ0) is 17.4. The van der Waals surface area contributed by atoms with Gasteiger partial charge in [0.05, 0.1) is 19.3 Å². The first-order valence-electron chi connectivity index (χ1n) is 7.91. The molecule has 1 aromatic heterocycles. The van der Waals surface area contributed by atoms with Crippen LogP contribution in [-0.2, 0) is 4.74 Å². The maximum absolute atomic E-state index is 12.3. The Morgan fingerprint density at radius 2 is 2.00 bits per heavy atom. The fourth-order valence-corrected chi connectivity index (χ4v) is 2.93. The molecule has 1 heterocycles. The molecular weight excluding hydrogens is 326 g/mol. The summed E-state index contributed by atoms with van der Waals surface area (Å²) in [5.74, 6) is 0.574. The van der Waals surface area contributed by atoms with Crippen LogP contribution in [0.15, 0.2) is 41.8 Å². The number of ether oxygens (including phenoxy) is 2. The van der Waals surface area contributed by atoms with Crippen molar-refractivity contribution in [3.05, 3.63) is 52.2 Å². The van der Waals surface area contributed by atoms with Crippen LogP contribution in [0, 0.1) is 0 Å². The van der Waals surface area contributed by atoms with E-state index in [1.165, 1.54) is 0 Å². The van der Waals surface area contributed by atoms with Gasteiger partial charge < -0.3 is 19.9 Å². The van der Waals surface area contributed by atoms with E-state index in [4.69, 9.17) is 14.6 Å². The average Bonchev–Trinajstić information content (AvgIpc) is 3.09. The van der Waals surface area contributed by atoms with Gasteiger partial charge in [-0.25, -0.2) is 0 Å². The van der Waals surface area contributed by atoms with Gasteiger partial charge in [-0.2, -0.15) is 0 Å². The van der Waals surface area contributed by atoms with Gasteiger partial charge in [0.1, 0.15) is 11.9 Å². The molecule has 0 saturated carbocycles. The molecule has 0 aliphatic carbocycles. The molecule has 0 aliphatic heterocycles. The molecule has 0 saturated heterocycles. The summed E-state index contributed by atoms with van der Waals surface area (Å²) in [5, 5.41) is 13.8. The molecular formula is C18H23NO4S. The number of thiophene rings is 1. The number of benzene rings is 1. The first-order valence-corrected chi connectivity index (χ1v) is 8.79. The molecule has 6 heteroatoms. The summed E-state index contributed by atoms with van der Waals surface area (Å²) in [6, 6.07) is 10.9. The molecule has 0 spiro atoms. The molecule has 130 valence electrons. The summed E-state index contributed by atoms with van der Waals surface area (Å²) < 4.78 is 11.2. The molecule has 1 atom stereocenters. The van der Waals surface area contributed by atoms with E-state index in [1.54, 1.807) is 35.6 Å². The van der Waals surface area contributed by atoms with Crippen LogP contribution in [-0.4, -0.2) is 36.9 Å². The van der Waals surface area contributed by atoms with Crippen molar-refractivity contribution < 1.29 is 19.4 Å². The van der Waals surface area contributed by atoms with E-state index in [2.05, 4.69) is 5.32 Å². The predicted octanol–water partition coefficient (Wildman–Crippen LogP) is 3.02. The SMILES string of the molecule is CC(C)Oc1ccc(C(=O)NC[C@@H](OCCO)c2cccs2)cc1. The lowest BCUT2D eigenvalue weighted by Gasteiger charge is -2.17. The van der Waals surface area contributed by atoms with Crippen LogP contribution in [0.2, 0.25) is 0 Å². The molecule has 24 heavy (non-hydrogen) atoms. The number of aliphatic hydroxyl groups excluding tert-OH is 1. The molecule has 0 fully saturated rings. The van der Waals surface area contributed by atoms with Crippen molar-refractivity contribution in [2.45, 2.75) is 26.1 Å². The van der Waals surface area contributed by atoms with E-state index in [0.29, 0.717) is 12.1 Å². The maximum Gasteiger partial charge on any atom is 0.251 e. The summed E-state index contributed by atoms with van der Waals surface area (Å²) in [5.41, 5.74) is 0.568. The van der Waals surface area contributed by atoms with Crippen molar-refractivity contribution in [2.24, 2.45) is 0 Å². The standard InChI is InChI=1S/C18H23NO4S/c1-13(2)23-15-7-5-14(6-8-15)18(21)19-12-16(22-10-9-20)17-4-3-11-24-17/h3-8,11,13,16,20H,9-10,12H2,1-2H3,(H,19,21)/t16-/m1/s1. The third kappa shape index (κ3) is 5.63. The lowest BCUT2D eigenvalue weighted by molar-refractivity contribution is 0.0296. The Morgan fingerprint density at radius 1 is 1.25 bits per heavy atom. The van der Waals surface area contributed by atoms with Crippen LogP contribution in [0.3, 0.4) is 0 Å². The minimum atomic E-state index is -0.260. The van der Waals surface area contributed by atoms with E-state index < -0.39 is 0 Å². The van der Waals surface area contributed by atoms with Crippen molar-refractivity contribution in [3.8, 4) is 5.75 Å². The topological polar surface area (TPSA) is 67.8 Å². The van der Waals surface area contributed by atoms with Crippen LogP contribution < -0.4 is 10.1 Å². The average molecular weight is 349 g/mol. The van der Waals surface area contributed by atoms with Gasteiger partial charge in [0.25, 0.3) is 5.91 Å². The molecule has 2 aromatic rings. The molecule has 0 radical (unpaired) electrons. The second-order valence-corrected chi connectivity index (χ2v) is 6.48. The van der Waals surface area contributed by atoms with E-state index in [0.717, 1.165) is 10.6 Å². The highest BCUT2D eigenvalue weighted by Gasteiger charge is 2.15. The molecule has 0 unspecified atom stereocenters. The van der Waals surface area contributed by atoms with E-state index in [-0.39, 0.29) is 31.3 Å². The number of nitrogens with one attached hydrogen (secondary N) is 1. The number of aliphatic hydroxyl groups is 1. The molecule has 0 aliphatic rings. The van der Waals surface area contributed by atoms with E-state index in [1.807, 2.05) is 31.4 Å². The molecule has 1 amide bonds. The van der Waals surface area contributed by atoms with Gasteiger partial charge in [0, 0.05) is 17.0 Å². The summed E-state index contributed by atoms with van der Waals surface area (Å²) in [6.07, 6.45) is -0.162. The Kier molecular flexibility index (Phi) is 7.24. The first kappa shape index (κ1) is 18.4. The van der Waals surface area contributed by atoms with Gasteiger partial charge in [0.15, 0.2) is 0 Å². The Morgan fingerprint density at radius 3 is 2.58 bits per heavy atom. The van der Waals surface area contributed by atoms with E-state index in [9.17, 15) is 4.79 Å². The minimum absolute atomic E-state index is 0.0485. The van der Waals surface area contributed by atoms with Crippen molar-refractivity contribution in [1.82, 2.24) is 5.32 Å². The fourth-order valence-electron chi connectivity index (χ4n) is 2.16. The third-order valence-electron chi connectivity index (χ3n) is 3.21. The van der Waals surface area contributed by atoms with Crippen LogP contribution >= 0.6 is 11.3 Å². The highest BCUT2D eigenvalue weighted by Crippen LogP contribution is 2.22. The van der Waals surface area contributed by atoms with Crippen LogP contribution in [0.5, 0.6) is 5.75 Å². The van der Waals surface area contributed by atoms with Crippen molar-refractivity contribution in [2.75, 3.05) is 19.8 Å². The normalized spacial score (nSPS) is 12.2. The monoisotopic (exact) mass is 349 g/mol. The summed E-state index contributed by atoms with van der Waals surface area (Å²) in [6.45, 7) is 4.45. The van der Waals surface area contributed by atoms with Gasteiger partial charge in [-0.05, 0) is 49.6 Å². The third-order valence-corrected chi connectivity index (χ3v) is 4.17. The van der Waals surface area contributed by atoms with Crippen LogP contribution in [0.4, 0.5) is 0 Å². The second kappa shape index (κ2) is 9.42. The lowest BCUT2D eigenvalue weighted by atomic mass is 10.2. The molecule has 2 N–H and O–H groups in total. The lowest BCUT2D eigenvalue weighted by Crippen LogP contribution is -2.29. The zero-order valence-electron chi connectivity index (χ0n) is 13.9. The highest BCUT2D eigenvalue weighted by atomic mass is 32.1. The molecule has 1 aromatic carbocycles. The van der Waals surface area contributed by atoms with Gasteiger partial charge in [-0.3, -0.25) is 4.79 Å². The Hall–Kier alpha value is -1.89. The van der Waals surface area contributed by atoms with Gasteiger partial charge in [0.2, 0.25) is 0 Å². The molecule has 0 bridgehead atoms. The second-order valence-electron chi connectivity index (χ2n) is 5.50. The molecule has 2 rings (SSSR count).